The first-order valence-electron chi connectivity index (χ1n) is 8.66. The van der Waals surface area contributed by atoms with Crippen molar-refractivity contribution in [2.24, 2.45) is 0 Å². The maximum absolute atomic E-state index is 12.0. The van der Waals surface area contributed by atoms with Crippen molar-refractivity contribution in [3.8, 4) is 0 Å². The van der Waals surface area contributed by atoms with E-state index in [0.717, 1.165) is 24.0 Å². The Kier molecular flexibility index (Phi) is 9.70. The third-order valence-corrected chi connectivity index (χ3v) is 3.89. The molecule has 0 spiro atoms. The normalized spacial score (nSPS) is 17.0. The molecule has 0 aromatic rings. The highest BCUT2D eigenvalue weighted by Gasteiger charge is 2.20. The van der Waals surface area contributed by atoms with Crippen molar-refractivity contribution in [3.63, 3.8) is 0 Å². The number of aliphatic hydroxyl groups is 1. The first-order chi connectivity index (χ1) is 11.5. The van der Waals surface area contributed by atoms with Crippen LogP contribution in [0.2, 0.25) is 0 Å². The van der Waals surface area contributed by atoms with Crippen molar-refractivity contribution in [3.05, 3.63) is 47.6 Å². The molecule has 0 fully saturated rings. The van der Waals surface area contributed by atoms with Crippen LogP contribution in [-0.2, 0) is 9.59 Å². The van der Waals surface area contributed by atoms with E-state index in [1.807, 2.05) is 37.3 Å². The van der Waals surface area contributed by atoms with Gasteiger partial charge >= 0.3 is 0 Å². The minimum atomic E-state index is -1.03. The Bertz CT molecular complexity index is 538. The second-order valence-electron chi connectivity index (χ2n) is 5.91. The quantitative estimate of drug-likeness (QED) is 0.466. The monoisotopic (exact) mass is 331 g/mol. The van der Waals surface area contributed by atoms with Gasteiger partial charge in [-0.05, 0) is 50.5 Å². The van der Waals surface area contributed by atoms with E-state index in [1.165, 1.54) is 0 Å². The molecule has 0 bridgehead atoms. The molecule has 0 amide bonds. The lowest BCUT2D eigenvalue weighted by Gasteiger charge is -2.03. The standard InChI is InChI=1S/C20H28O4/c1-2-3-6-9-17(21)14-12-16-13-15-19(22)18(16)10-7-4-5-8-11-20(23)24/h3-4,6-7,12,14,17,21H,2,5,8-11,13,15H2,1H3,(H,23,24)/p-1/b6-3-,7-4-,14-12+/t17-/m0/s1. The summed E-state index contributed by atoms with van der Waals surface area (Å²) in [6.45, 7) is 2.05. The lowest BCUT2D eigenvalue weighted by atomic mass is 10.1. The molecule has 0 aromatic heterocycles. The Morgan fingerprint density at radius 2 is 2.04 bits per heavy atom. The van der Waals surface area contributed by atoms with Gasteiger partial charge in [0.05, 0.1) is 6.10 Å². The number of allylic oxidation sites excluding steroid dienone is 6. The van der Waals surface area contributed by atoms with E-state index < -0.39 is 12.1 Å². The zero-order chi connectivity index (χ0) is 17.8. The number of hydrogen-bond acceptors (Lipinski definition) is 4. The SMILES string of the molecule is CC/C=C\C[C@H](O)/C=C/C1=C(C/C=C\CCCC(=O)[O-])C(=O)CC1. The van der Waals surface area contributed by atoms with Gasteiger partial charge in [0.1, 0.15) is 0 Å². The predicted molar refractivity (Wildman–Crippen MR) is 93.1 cm³/mol. The molecule has 1 rings (SSSR count). The third-order valence-electron chi connectivity index (χ3n) is 3.89. The molecule has 0 saturated carbocycles. The maximum atomic E-state index is 12.0. The molecule has 0 aromatic carbocycles. The minimum absolute atomic E-state index is 0.0598. The van der Waals surface area contributed by atoms with Crippen molar-refractivity contribution in [2.75, 3.05) is 0 Å². The molecule has 24 heavy (non-hydrogen) atoms. The largest absolute Gasteiger partial charge is 0.550 e. The Morgan fingerprint density at radius 1 is 1.25 bits per heavy atom. The number of aliphatic hydroxyl groups excluding tert-OH is 1. The van der Waals surface area contributed by atoms with Gasteiger partial charge in [-0.25, -0.2) is 0 Å². The first-order valence-corrected chi connectivity index (χ1v) is 8.66. The molecule has 0 aliphatic heterocycles. The summed E-state index contributed by atoms with van der Waals surface area (Å²) in [5.74, 6) is -0.869. The fraction of sp³-hybridized carbons (Fsp3) is 0.500. The predicted octanol–water partition coefficient (Wildman–Crippen LogP) is 2.79. The number of rotatable bonds is 11. The second-order valence-corrected chi connectivity index (χ2v) is 5.91. The van der Waals surface area contributed by atoms with E-state index in [4.69, 9.17) is 0 Å². The summed E-state index contributed by atoms with van der Waals surface area (Å²) in [5, 5.41) is 20.2. The summed E-state index contributed by atoms with van der Waals surface area (Å²) in [4.78, 5) is 22.3. The maximum Gasteiger partial charge on any atom is 0.159 e. The zero-order valence-corrected chi connectivity index (χ0v) is 14.4. The highest BCUT2D eigenvalue weighted by Crippen LogP contribution is 2.27. The molecular weight excluding hydrogens is 304 g/mol. The molecule has 1 atom stereocenters. The molecule has 4 heteroatoms. The lowest BCUT2D eigenvalue weighted by molar-refractivity contribution is -0.305. The van der Waals surface area contributed by atoms with Crippen molar-refractivity contribution in [1.82, 2.24) is 0 Å². The van der Waals surface area contributed by atoms with Gasteiger partial charge in [0.25, 0.3) is 0 Å². The molecule has 0 saturated heterocycles. The Hall–Kier alpha value is -1.94. The minimum Gasteiger partial charge on any atom is -0.550 e. The van der Waals surface area contributed by atoms with Crippen molar-refractivity contribution in [1.29, 1.82) is 0 Å². The molecule has 132 valence electrons. The lowest BCUT2D eigenvalue weighted by Crippen LogP contribution is -2.21. The van der Waals surface area contributed by atoms with Gasteiger partial charge in [-0.1, -0.05) is 43.4 Å². The van der Waals surface area contributed by atoms with Gasteiger partial charge in [0.2, 0.25) is 0 Å². The van der Waals surface area contributed by atoms with Crippen LogP contribution in [0, 0.1) is 0 Å². The number of aliphatic carboxylic acids is 1. The highest BCUT2D eigenvalue weighted by molar-refractivity contribution is 5.99. The van der Waals surface area contributed by atoms with Crippen molar-refractivity contribution >= 4 is 11.8 Å². The number of carbonyl (C=O) groups is 2. The molecule has 4 nitrogen and oxygen atoms in total. The van der Waals surface area contributed by atoms with Gasteiger partial charge in [-0.15, -0.1) is 0 Å². The van der Waals surface area contributed by atoms with Crippen LogP contribution >= 0.6 is 0 Å². The summed E-state index contributed by atoms with van der Waals surface area (Å²) < 4.78 is 0. The highest BCUT2D eigenvalue weighted by atomic mass is 16.4. The summed E-state index contributed by atoms with van der Waals surface area (Å²) in [6, 6.07) is 0. The van der Waals surface area contributed by atoms with Crippen molar-refractivity contribution < 1.29 is 19.8 Å². The number of Topliss-reactive ketones (excluding diaryl/α,β-unsaturated/α-hetero) is 1. The first kappa shape index (κ1) is 20.1. The third kappa shape index (κ3) is 8.06. The van der Waals surface area contributed by atoms with Crippen LogP contribution < -0.4 is 5.11 Å². The average molecular weight is 331 g/mol. The van der Waals surface area contributed by atoms with E-state index in [1.54, 1.807) is 6.08 Å². The zero-order valence-electron chi connectivity index (χ0n) is 14.4. The van der Waals surface area contributed by atoms with Gasteiger partial charge in [0.15, 0.2) is 5.78 Å². The van der Waals surface area contributed by atoms with Gasteiger partial charge < -0.3 is 15.0 Å². The van der Waals surface area contributed by atoms with Gasteiger partial charge in [0, 0.05) is 18.0 Å². The van der Waals surface area contributed by atoms with Crippen LogP contribution in [0.4, 0.5) is 0 Å². The van der Waals surface area contributed by atoms with E-state index in [2.05, 4.69) is 0 Å². The van der Waals surface area contributed by atoms with E-state index in [0.29, 0.717) is 32.1 Å². The molecule has 1 aliphatic rings. The van der Waals surface area contributed by atoms with Crippen LogP contribution in [0.25, 0.3) is 0 Å². The summed E-state index contributed by atoms with van der Waals surface area (Å²) >= 11 is 0. The van der Waals surface area contributed by atoms with Crippen LogP contribution in [0.3, 0.4) is 0 Å². The Morgan fingerprint density at radius 3 is 2.75 bits per heavy atom. The number of ketones is 1. The van der Waals surface area contributed by atoms with Crippen molar-refractivity contribution in [2.45, 2.75) is 64.4 Å². The second kappa shape index (κ2) is 11.6. The van der Waals surface area contributed by atoms with E-state index >= 15 is 0 Å². The van der Waals surface area contributed by atoms with Gasteiger partial charge in [-0.3, -0.25) is 4.79 Å². The van der Waals surface area contributed by atoms with Crippen LogP contribution in [-0.4, -0.2) is 23.0 Å². The summed E-state index contributed by atoms with van der Waals surface area (Å²) in [7, 11) is 0. The number of carbonyl (C=O) groups excluding carboxylic acids is 2. The van der Waals surface area contributed by atoms with Crippen LogP contribution in [0.15, 0.2) is 47.6 Å². The smallest absolute Gasteiger partial charge is 0.159 e. The van der Waals surface area contributed by atoms with Crippen LogP contribution in [0.5, 0.6) is 0 Å². The number of unbranched alkanes of at least 4 members (excludes halogenated alkanes) is 1. The fourth-order valence-corrected chi connectivity index (χ4v) is 2.55. The van der Waals surface area contributed by atoms with Gasteiger partial charge in [-0.2, -0.15) is 0 Å². The molecule has 0 radical (unpaired) electrons. The topological polar surface area (TPSA) is 77.4 Å². The molecule has 1 N–H and O–H groups in total. The Labute approximate surface area is 144 Å². The number of carboxylic acid groups (broad SMARTS) is 1. The summed E-state index contributed by atoms with van der Waals surface area (Å²) in [6.07, 6.45) is 15.5. The average Bonchev–Trinajstić information content (AvgIpc) is 2.89. The summed E-state index contributed by atoms with van der Waals surface area (Å²) in [5.41, 5.74) is 1.80. The number of carboxylic acids is 1. The fourth-order valence-electron chi connectivity index (χ4n) is 2.55. The molecule has 0 unspecified atom stereocenters. The van der Waals surface area contributed by atoms with E-state index in [9.17, 15) is 19.8 Å². The number of hydrogen-bond donors (Lipinski definition) is 1. The Balaban J connectivity index is 2.53. The van der Waals surface area contributed by atoms with E-state index in [-0.39, 0.29) is 12.2 Å². The molecule has 0 heterocycles. The molecular formula is C20H27O4-. The van der Waals surface area contributed by atoms with Crippen LogP contribution in [0.1, 0.15) is 58.3 Å². The molecule has 1 aliphatic carbocycles.